The molecule has 0 aromatic rings. The van der Waals surface area contributed by atoms with Gasteiger partial charge in [0.05, 0.1) is 6.42 Å². The second kappa shape index (κ2) is 4.32. The molecule has 1 unspecified atom stereocenters. The molecule has 0 fully saturated rings. The number of carboxylic acid groups (broad SMARTS) is 2. The highest BCUT2D eigenvalue weighted by Gasteiger charge is 2.24. The first-order valence-corrected chi connectivity index (χ1v) is 3.11. The number of nitrogens with zero attached hydrogens (tertiary/aromatic N) is 1. The van der Waals surface area contributed by atoms with Gasteiger partial charge in [0, 0.05) is 7.05 Å². The molecule has 0 bridgehead atoms. The third-order valence-corrected chi connectivity index (χ3v) is 1.31. The van der Waals surface area contributed by atoms with Crippen LogP contribution in [0.1, 0.15) is 6.42 Å². The Labute approximate surface area is 68.4 Å². The number of carbonyl (C=O) groups is 3. The van der Waals surface area contributed by atoms with Crippen LogP contribution in [0.25, 0.3) is 0 Å². The van der Waals surface area contributed by atoms with Crippen molar-refractivity contribution in [1.82, 2.24) is 4.90 Å². The molecule has 0 rings (SSSR count). The Kier molecular flexibility index (Phi) is 3.75. The molecule has 1 atom stereocenters. The van der Waals surface area contributed by atoms with Gasteiger partial charge in [0.15, 0.2) is 0 Å². The van der Waals surface area contributed by atoms with E-state index in [-0.39, 0.29) is 6.41 Å². The van der Waals surface area contributed by atoms with Gasteiger partial charge in [-0.3, -0.25) is 9.59 Å². The Morgan fingerprint density at radius 1 is 1.50 bits per heavy atom. The van der Waals surface area contributed by atoms with E-state index in [2.05, 4.69) is 0 Å². The van der Waals surface area contributed by atoms with E-state index in [1.165, 1.54) is 7.05 Å². The van der Waals surface area contributed by atoms with Crippen LogP contribution in [0.3, 0.4) is 0 Å². The second-order valence-electron chi connectivity index (χ2n) is 2.22. The van der Waals surface area contributed by atoms with Crippen LogP contribution in [0.5, 0.6) is 0 Å². The molecule has 6 heteroatoms. The van der Waals surface area contributed by atoms with Gasteiger partial charge < -0.3 is 15.1 Å². The SMILES string of the molecule is CN(C=O)C(CC(=O)O)C(=O)O. The quantitative estimate of drug-likeness (QED) is 0.522. The Balaban J connectivity index is 4.32. The molecule has 0 saturated carbocycles. The maximum Gasteiger partial charge on any atom is 0.327 e. The van der Waals surface area contributed by atoms with Crippen LogP contribution in [-0.4, -0.2) is 46.6 Å². The average molecular weight is 175 g/mol. The number of likely N-dealkylation sites (N-methyl/N-ethyl adjacent to an activating group) is 1. The Morgan fingerprint density at radius 3 is 2.25 bits per heavy atom. The summed E-state index contributed by atoms with van der Waals surface area (Å²) in [6.07, 6.45) is -0.313. The Morgan fingerprint density at radius 2 is 2.00 bits per heavy atom. The van der Waals surface area contributed by atoms with Gasteiger partial charge in [-0.2, -0.15) is 0 Å². The van der Waals surface area contributed by atoms with Gasteiger partial charge in [-0.05, 0) is 0 Å². The van der Waals surface area contributed by atoms with Gasteiger partial charge >= 0.3 is 11.9 Å². The number of carbonyl (C=O) groups excluding carboxylic acids is 1. The van der Waals surface area contributed by atoms with Crippen LogP contribution in [-0.2, 0) is 14.4 Å². The van der Waals surface area contributed by atoms with E-state index in [1.807, 2.05) is 0 Å². The normalized spacial score (nSPS) is 11.8. The molecule has 2 N–H and O–H groups in total. The summed E-state index contributed by atoms with van der Waals surface area (Å²) in [5, 5.41) is 16.7. The number of hydrogen-bond donors (Lipinski definition) is 2. The van der Waals surface area contributed by atoms with E-state index in [4.69, 9.17) is 10.2 Å². The highest BCUT2D eigenvalue weighted by Crippen LogP contribution is 1.99. The lowest BCUT2D eigenvalue weighted by atomic mass is 10.2. The van der Waals surface area contributed by atoms with Crippen LogP contribution in [0.4, 0.5) is 0 Å². The lowest BCUT2D eigenvalue weighted by Crippen LogP contribution is -2.39. The van der Waals surface area contributed by atoms with Gasteiger partial charge in [-0.15, -0.1) is 0 Å². The van der Waals surface area contributed by atoms with E-state index in [0.717, 1.165) is 4.90 Å². The monoisotopic (exact) mass is 175 g/mol. The zero-order chi connectivity index (χ0) is 9.72. The molecule has 0 heterocycles. The summed E-state index contributed by atoms with van der Waals surface area (Å²) in [4.78, 5) is 31.4. The second-order valence-corrected chi connectivity index (χ2v) is 2.22. The third-order valence-electron chi connectivity index (χ3n) is 1.31. The molecule has 0 saturated heterocycles. The number of rotatable bonds is 5. The zero-order valence-electron chi connectivity index (χ0n) is 6.43. The van der Waals surface area contributed by atoms with Gasteiger partial charge in [0.25, 0.3) is 0 Å². The van der Waals surface area contributed by atoms with Crippen LogP contribution >= 0.6 is 0 Å². The molecule has 12 heavy (non-hydrogen) atoms. The summed E-state index contributed by atoms with van der Waals surface area (Å²) >= 11 is 0. The predicted octanol–water partition coefficient (Wildman–Crippen LogP) is -0.997. The zero-order valence-corrected chi connectivity index (χ0v) is 6.43. The average Bonchev–Trinajstić information content (AvgIpc) is 1.98. The number of hydrogen-bond acceptors (Lipinski definition) is 3. The van der Waals surface area contributed by atoms with Crippen LogP contribution in [0.15, 0.2) is 0 Å². The first-order chi connectivity index (χ1) is 5.49. The summed E-state index contributed by atoms with van der Waals surface area (Å²) in [7, 11) is 1.22. The molecule has 0 aliphatic heterocycles. The van der Waals surface area contributed by atoms with Crippen molar-refractivity contribution in [2.75, 3.05) is 7.05 Å². The molecule has 68 valence electrons. The van der Waals surface area contributed by atoms with Gasteiger partial charge in [0.2, 0.25) is 6.41 Å². The maximum atomic E-state index is 10.4. The van der Waals surface area contributed by atoms with Crippen molar-refractivity contribution < 1.29 is 24.6 Å². The fraction of sp³-hybridized carbons (Fsp3) is 0.500. The highest BCUT2D eigenvalue weighted by atomic mass is 16.4. The van der Waals surface area contributed by atoms with Crippen LogP contribution in [0.2, 0.25) is 0 Å². The van der Waals surface area contributed by atoms with Crippen molar-refractivity contribution in [1.29, 1.82) is 0 Å². The smallest absolute Gasteiger partial charge is 0.327 e. The first-order valence-electron chi connectivity index (χ1n) is 3.11. The molecule has 6 nitrogen and oxygen atoms in total. The Bertz CT molecular complexity index is 202. The molecule has 0 aliphatic rings. The maximum absolute atomic E-state index is 10.4. The number of amides is 1. The molecule has 0 aromatic carbocycles. The van der Waals surface area contributed by atoms with Crippen LogP contribution < -0.4 is 0 Å². The van der Waals surface area contributed by atoms with Crippen molar-refractivity contribution in [2.24, 2.45) is 0 Å². The van der Waals surface area contributed by atoms with Gasteiger partial charge in [0.1, 0.15) is 6.04 Å². The lowest BCUT2D eigenvalue weighted by Gasteiger charge is -2.17. The molecular formula is C6H9NO5. The minimum atomic E-state index is -1.33. The van der Waals surface area contributed by atoms with Crippen LogP contribution in [0, 0.1) is 0 Å². The van der Waals surface area contributed by atoms with Gasteiger partial charge in [-0.25, -0.2) is 4.79 Å². The topological polar surface area (TPSA) is 94.9 Å². The van der Waals surface area contributed by atoms with E-state index >= 15 is 0 Å². The summed E-state index contributed by atoms with van der Waals surface area (Å²) < 4.78 is 0. The first kappa shape index (κ1) is 10.4. The van der Waals surface area contributed by atoms with Crippen molar-refractivity contribution in [3.8, 4) is 0 Å². The minimum absolute atomic E-state index is 0.279. The molecule has 1 amide bonds. The summed E-state index contributed by atoms with van der Waals surface area (Å²) in [6, 6.07) is -1.29. The highest BCUT2D eigenvalue weighted by molar-refractivity contribution is 5.82. The van der Waals surface area contributed by atoms with Crippen molar-refractivity contribution in [3.05, 3.63) is 0 Å². The van der Waals surface area contributed by atoms with Crippen molar-refractivity contribution >= 4 is 18.3 Å². The lowest BCUT2D eigenvalue weighted by molar-refractivity contribution is -0.150. The van der Waals surface area contributed by atoms with Gasteiger partial charge in [-0.1, -0.05) is 0 Å². The third kappa shape index (κ3) is 3.00. The Hall–Kier alpha value is -1.59. The molecule has 0 aromatic heterocycles. The number of aliphatic carboxylic acids is 2. The fourth-order valence-electron chi connectivity index (χ4n) is 0.644. The molecule has 0 aliphatic carbocycles. The van der Waals surface area contributed by atoms with Crippen molar-refractivity contribution in [3.63, 3.8) is 0 Å². The summed E-state index contributed by atoms with van der Waals surface area (Å²) in [5.41, 5.74) is 0. The molecular weight excluding hydrogens is 166 g/mol. The minimum Gasteiger partial charge on any atom is -0.481 e. The summed E-state index contributed by atoms with van der Waals surface area (Å²) in [5.74, 6) is -2.58. The largest absolute Gasteiger partial charge is 0.481 e. The van der Waals surface area contributed by atoms with Crippen molar-refractivity contribution in [2.45, 2.75) is 12.5 Å². The fourth-order valence-corrected chi connectivity index (χ4v) is 0.644. The van der Waals surface area contributed by atoms with E-state index < -0.39 is 24.4 Å². The summed E-state index contributed by atoms with van der Waals surface area (Å²) in [6.45, 7) is 0. The molecule has 0 radical (unpaired) electrons. The van der Waals surface area contributed by atoms with E-state index in [1.54, 1.807) is 0 Å². The van der Waals surface area contributed by atoms with E-state index in [9.17, 15) is 14.4 Å². The molecule has 0 spiro atoms. The standard InChI is InChI=1S/C6H9NO5/c1-7(3-8)4(6(11)12)2-5(9)10/h3-4H,2H2,1H3,(H,9,10)(H,11,12). The predicted molar refractivity (Wildman–Crippen MR) is 37.5 cm³/mol. The van der Waals surface area contributed by atoms with E-state index in [0.29, 0.717) is 0 Å². The number of carboxylic acids is 2.